The summed E-state index contributed by atoms with van der Waals surface area (Å²) in [5.41, 5.74) is 6.72. The number of hydrogen-bond acceptors (Lipinski definition) is 16. The van der Waals surface area contributed by atoms with Gasteiger partial charge in [0.15, 0.2) is 0 Å². The van der Waals surface area contributed by atoms with Crippen LogP contribution < -0.4 is 32.6 Å². The van der Waals surface area contributed by atoms with Crippen LogP contribution in [0.4, 0.5) is 30.2 Å². The van der Waals surface area contributed by atoms with Gasteiger partial charge in [0.25, 0.3) is 17.7 Å². The van der Waals surface area contributed by atoms with E-state index < -0.39 is 58.4 Å². The number of piperidine rings is 1. The Morgan fingerprint density at radius 2 is 1.36 bits per heavy atom. The number of pyridine rings is 1. The molecule has 0 bridgehead atoms. The number of nitrogens with zero attached hydrogens (tertiary/aromatic N) is 3. The normalized spacial score (nSPS) is 16.2. The molecule has 0 radical (unpaired) electrons. The Morgan fingerprint density at radius 3 is 2.04 bits per heavy atom. The molecule has 3 aromatic carbocycles. The number of ether oxygens (including phenoxy) is 5. The molecule has 4 heterocycles. The van der Waals surface area contributed by atoms with Crippen molar-refractivity contribution in [2.45, 2.75) is 38.0 Å². The van der Waals surface area contributed by atoms with E-state index in [1.807, 2.05) is 24.3 Å². The molecule has 0 aliphatic carbocycles. The lowest BCUT2D eigenvalue weighted by Gasteiger charge is -2.34. The molecular formula is C52H62F3N9O12. The SMILES string of the molecule is Nc1ccc(-c2cccc(CN3CCN(CCNC(=O)CCOCCOCCOCCOCCOCCNc4cccc5c4C(=O)N(C4CCC(=O)NC4=O)C5=O)CC3)c2)cc1NC(=O)c1c[nH]c(=O)cc1C(F)(F)F. The van der Waals surface area contributed by atoms with Crippen molar-refractivity contribution in [3.8, 4) is 11.1 Å². The molecule has 2 saturated heterocycles. The second-order valence-electron chi connectivity index (χ2n) is 18.0. The summed E-state index contributed by atoms with van der Waals surface area (Å²) in [4.78, 5) is 94.7. The average molecular weight is 1060 g/mol. The molecule has 76 heavy (non-hydrogen) atoms. The number of piperazine rings is 1. The first-order valence-electron chi connectivity index (χ1n) is 24.9. The van der Waals surface area contributed by atoms with Crippen molar-refractivity contribution in [2.75, 3.05) is 128 Å². The summed E-state index contributed by atoms with van der Waals surface area (Å²) in [6.45, 7) is 9.06. The molecular weight excluding hydrogens is 1000 g/mol. The zero-order chi connectivity index (χ0) is 54.0. The van der Waals surface area contributed by atoms with Gasteiger partial charge in [-0.05, 0) is 53.4 Å². The number of aromatic nitrogens is 1. The molecule has 3 aliphatic heterocycles. The maximum atomic E-state index is 13.6. The van der Waals surface area contributed by atoms with Gasteiger partial charge in [-0.25, -0.2) is 0 Å². The Bertz CT molecular complexity index is 2750. The molecule has 4 aromatic rings. The van der Waals surface area contributed by atoms with Gasteiger partial charge >= 0.3 is 6.18 Å². The fourth-order valence-electron chi connectivity index (χ4n) is 8.71. The van der Waals surface area contributed by atoms with Crippen LogP contribution in [-0.2, 0) is 50.8 Å². The number of nitrogens with one attached hydrogen (secondary N) is 5. The Balaban J connectivity index is 0.658. The fraction of sp³-hybridized carbons (Fsp3) is 0.442. The monoisotopic (exact) mass is 1060 g/mol. The minimum Gasteiger partial charge on any atom is -0.397 e. The van der Waals surface area contributed by atoms with Gasteiger partial charge in [-0.3, -0.25) is 53.6 Å². The Kier molecular flexibility index (Phi) is 20.6. The standard InChI is InChI=1S/C52H62F3N9O12/c53-52(54,55)39-31-46(67)59-32-38(39)48(68)60-42-30-36(7-8-40(42)56)35-4-1-3-34(29-35)33-63-17-15-62(16-18-63)14-12-58-44(65)11-19-72-21-23-74-25-27-76-28-26-75-24-22-73-20-13-57-41-6-2-5-37-47(41)51(71)64(50(37)70)43-9-10-45(66)61-49(43)69/h1-8,29-32,43,57H,9-28,33,56H2,(H,58,65)(H,59,67)(H,60,68)(H,61,66,69). The third kappa shape index (κ3) is 16.0. The second-order valence-corrected chi connectivity index (χ2v) is 18.0. The lowest BCUT2D eigenvalue weighted by atomic mass is 10.0. The summed E-state index contributed by atoms with van der Waals surface area (Å²) in [5, 5.41) is 10.7. The van der Waals surface area contributed by atoms with E-state index in [1.165, 1.54) is 6.07 Å². The van der Waals surface area contributed by atoms with Crippen molar-refractivity contribution in [1.82, 2.24) is 30.3 Å². The summed E-state index contributed by atoms with van der Waals surface area (Å²) in [6.07, 6.45) is -3.82. The molecule has 24 heteroatoms. The van der Waals surface area contributed by atoms with Crippen LogP contribution in [-0.4, -0.2) is 173 Å². The van der Waals surface area contributed by atoms with Gasteiger partial charge in [-0.15, -0.1) is 0 Å². The van der Waals surface area contributed by atoms with Crippen molar-refractivity contribution < 1.29 is 65.6 Å². The van der Waals surface area contributed by atoms with E-state index in [2.05, 4.69) is 36.1 Å². The average Bonchev–Trinajstić information content (AvgIpc) is 3.67. The molecule has 21 nitrogen and oxygen atoms in total. The number of amides is 6. The first kappa shape index (κ1) is 56.7. The van der Waals surface area contributed by atoms with Crippen molar-refractivity contribution in [3.63, 3.8) is 0 Å². The van der Waals surface area contributed by atoms with Gasteiger partial charge in [0.1, 0.15) is 6.04 Å². The van der Waals surface area contributed by atoms with Crippen LogP contribution >= 0.6 is 0 Å². The van der Waals surface area contributed by atoms with Crippen LogP contribution in [0.1, 0.15) is 61.5 Å². The van der Waals surface area contributed by atoms with E-state index in [0.29, 0.717) is 103 Å². The summed E-state index contributed by atoms with van der Waals surface area (Å²) < 4.78 is 68.5. The van der Waals surface area contributed by atoms with Gasteiger partial charge in [0.2, 0.25) is 23.3 Å². The van der Waals surface area contributed by atoms with Crippen molar-refractivity contribution in [3.05, 3.63) is 111 Å². The van der Waals surface area contributed by atoms with Gasteiger partial charge in [0.05, 0.1) is 99.7 Å². The van der Waals surface area contributed by atoms with Crippen molar-refractivity contribution in [2.24, 2.45) is 0 Å². The lowest BCUT2D eigenvalue weighted by molar-refractivity contribution is -0.138. The number of aromatic amines is 1. The number of alkyl halides is 3. The third-order valence-corrected chi connectivity index (χ3v) is 12.6. The quantitative estimate of drug-likeness (QED) is 0.0271. The highest BCUT2D eigenvalue weighted by atomic mass is 19.4. The summed E-state index contributed by atoms with van der Waals surface area (Å²) in [6, 6.07) is 16.9. The third-order valence-electron chi connectivity index (χ3n) is 12.6. The van der Waals surface area contributed by atoms with Crippen LogP contribution in [0.5, 0.6) is 0 Å². The van der Waals surface area contributed by atoms with Gasteiger partial charge < -0.3 is 50.4 Å². The molecule has 7 N–H and O–H groups in total. The van der Waals surface area contributed by atoms with E-state index in [9.17, 15) is 46.7 Å². The van der Waals surface area contributed by atoms with E-state index in [-0.39, 0.29) is 54.3 Å². The molecule has 1 aromatic heterocycles. The van der Waals surface area contributed by atoms with Crippen molar-refractivity contribution >= 4 is 52.5 Å². The van der Waals surface area contributed by atoms with E-state index in [1.54, 1.807) is 30.3 Å². The minimum atomic E-state index is -4.91. The number of hydrogen-bond donors (Lipinski definition) is 6. The molecule has 2 fully saturated rings. The Hall–Kier alpha value is -7.06. The number of carbonyl (C=O) groups excluding carboxylic acids is 6. The maximum Gasteiger partial charge on any atom is 0.417 e. The number of H-pyrrole nitrogens is 1. The molecule has 3 aliphatic rings. The van der Waals surface area contributed by atoms with Crippen LogP contribution in [0.2, 0.25) is 0 Å². The van der Waals surface area contributed by atoms with Gasteiger partial charge in [-0.2, -0.15) is 13.2 Å². The summed E-state index contributed by atoms with van der Waals surface area (Å²) >= 11 is 0. The van der Waals surface area contributed by atoms with Gasteiger partial charge in [0, 0.05) is 83.2 Å². The predicted octanol–water partition coefficient (Wildman–Crippen LogP) is 3.12. The molecule has 7 rings (SSSR count). The van der Waals surface area contributed by atoms with E-state index in [4.69, 9.17) is 29.4 Å². The second kappa shape index (κ2) is 27.6. The largest absolute Gasteiger partial charge is 0.417 e. The smallest absolute Gasteiger partial charge is 0.397 e. The number of imide groups is 2. The summed E-state index contributed by atoms with van der Waals surface area (Å²) in [5.74, 6) is -3.40. The van der Waals surface area contributed by atoms with Crippen LogP contribution in [0.25, 0.3) is 11.1 Å². The van der Waals surface area contributed by atoms with E-state index >= 15 is 0 Å². The number of nitrogen functional groups attached to an aromatic ring is 1. The highest BCUT2D eigenvalue weighted by Crippen LogP contribution is 2.34. The molecule has 408 valence electrons. The van der Waals surface area contributed by atoms with Crippen LogP contribution in [0.15, 0.2) is 77.7 Å². The number of carbonyl (C=O) groups is 6. The predicted molar refractivity (Wildman–Crippen MR) is 271 cm³/mol. The van der Waals surface area contributed by atoms with Crippen molar-refractivity contribution in [1.29, 1.82) is 0 Å². The molecule has 0 saturated carbocycles. The number of nitrogens with two attached hydrogens (primary N) is 1. The fourth-order valence-corrected chi connectivity index (χ4v) is 8.71. The Labute approximate surface area is 435 Å². The van der Waals surface area contributed by atoms with E-state index in [0.717, 1.165) is 48.4 Å². The summed E-state index contributed by atoms with van der Waals surface area (Å²) in [7, 11) is 0. The van der Waals surface area contributed by atoms with Crippen LogP contribution in [0, 0.1) is 0 Å². The number of anilines is 3. The van der Waals surface area contributed by atoms with Gasteiger partial charge in [-0.1, -0.05) is 30.3 Å². The zero-order valence-corrected chi connectivity index (χ0v) is 41.8. The highest BCUT2D eigenvalue weighted by molar-refractivity contribution is 6.25. The number of rotatable bonds is 28. The maximum absolute atomic E-state index is 13.6. The Morgan fingerprint density at radius 1 is 0.711 bits per heavy atom. The highest BCUT2D eigenvalue weighted by Gasteiger charge is 2.45. The van der Waals surface area contributed by atoms with Crippen LogP contribution in [0.3, 0.4) is 0 Å². The number of halogens is 3. The molecule has 0 spiro atoms. The number of benzene rings is 3. The molecule has 6 amide bonds. The lowest BCUT2D eigenvalue weighted by Crippen LogP contribution is -2.54. The zero-order valence-electron chi connectivity index (χ0n) is 41.8. The first-order chi connectivity index (χ1) is 36.7. The topological polar surface area (TPSA) is 265 Å². The number of fused-ring (bicyclic) bond motifs is 1. The molecule has 1 atom stereocenters. The minimum absolute atomic E-state index is 0.0464. The first-order valence-corrected chi connectivity index (χ1v) is 24.9. The molecule has 1 unspecified atom stereocenters.